The van der Waals surface area contributed by atoms with Gasteiger partial charge in [0.05, 0.1) is 35.5 Å². The van der Waals surface area contributed by atoms with E-state index in [1.807, 2.05) is 6.92 Å². The molecule has 1 aromatic heterocycles. The molecule has 150 valence electrons. The quantitative estimate of drug-likeness (QED) is 0.314. The first kappa shape index (κ1) is 20.4. The van der Waals surface area contributed by atoms with Crippen molar-refractivity contribution in [3.63, 3.8) is 0 Å². The predicted octanol–water partition coefficient (Wildman–Crippen LogP) is 3.09. The first-order valence-electron chi connectivity index (χ1n) is 9.38. The topological polar surface area (TPSA) is 83.2 Å². The second kappa shape index (κ2) is 8.76. The molecule has 7 heteroatoms. The highest BCUT2D eigenvalue weighted by molar-refractivity contribution is 6.35. The van der Waals surface area contributed by atoms with Crippen molar-refractivity contribution in [2.75, 3.05) is 25.0 Å². The molecule has 1 aromatic carbocycles. The van der Waals surface area contributed by atoms with Gasteiger partial charge in [-0.15, -0.1) is 0 Å². The Labute approximate surface area is 168 Å². The number of hydrogen-bond acceptors (Lipinski definition) is 4. The van der Waals surface area contributed by atoms with Gasteiger partial charge in [-0.05, 0) is 44.2 Å². The number of ether oxygens (including phenoxy) is 1. The molecule has 1 aliphatic rings. The van der Waals surface area contributed by atoms with E-state index in [1.165, 1.54) is 18.3 Å². The Hall–Kier alpha value is -3.37. The van der Waals surface area contributed by atoms with Crippen molar-refractivity contribution < 1.29 is 18.7 Å². The van der Waals surface area contributed by atoms with Crippen LogP contribution in [-0.2, 0) is 9.53 Å². The molecule has 1 aliphatic heterocycles. The predicted molar refractivity (Wildman–Crippen MR) is 110 cm³/mol. The summed E-state index contributed by atoms with van der Waals surface area (Å²) in [6.45, 7) is 6.88. The van der Waals surface area contributed by atoms with E-state index in [-0.39, 0.29) is 23.7 Å². The van der Waals surface area contributed by atoms with Gasteiger partial charge < -0.3 is 20.4 Å². The Morgan fingerprint density at radius 2 is 2.14 bits per heavy atom. The van der Waals surface area contributed by atoms with Crippen LogP contribution in [0.4, 0.5) is 10.1 Å². The Morgan fingerprint density at radius 1 is 1.34 bits per heavy atom. The summed E-state index contributed by atoms with van der Waals surface area (Å²) in [6, 6.07) is 2.81. The number of carbonyl (C=O) groups excluding carboxylic acids is 2. The van der Waals surface area contributed by atoms with E-state index in [4.69, 9.17) is 4.74 Å². The van der Waals surface area contributed by atoms with Crippen molar-refractivity contribution in [3.8, 4) is 11.8 Å². The first-order chi connectivity index (χ1) is 14.0. The minimum Gasteiger partial charge on any atom is -0.462 e. The molecule has 2 aromatic rings. The van der Waals surface area contributed by atoms with Gasteiger partial charge in [0, 0.05) is 17.5 Å². The maximum atomic E-state index is 14.5. The number of hydrogen-bond donors (Lipinski definition) is 3. The molecule has 3 N–H and O–H groups in total. The van der Waals surface area contributed by atoms with Gasteiger partial charge in [-0.25, -0.2) is 9.18 Å². The normalized spacial score (nSPS) is 13.7. The molecule has 0 unspecified atom stereocenters. The third kappa shape index (κ3) is 4.08. The summed E-state index contributed by atoms with van der Waals surface area (Å²) in [5, 5.41) is 5.80. The minimum absolute atomic E-state index is 0.167. The second-order valence-electron chi connectivity index (χ2n) is 6.40. The number of halogens is 1. The monoisotopic (exact) mass is 395 g/mol. The average Bonchev–Trinajstić information content (AvgIpc) is 3.21. The maximum Gasteiger partial charge on any atom is 0.339 e. The zero-order valence-electron chi connectivity index (χ0n) is 16.5. The summed E-state index contributed by atoms with van der Waals surface area (Å²) < 4.78 is 19.5. The van der Waals surface area contributed by atoms with Gasteiger partial charge in [0.25, 0.3) is 5.91 Å². The Balaban J connectivity index is 2.06. The Bertz CT molecular complexity index is 1060. The number of carbonyl (C=O) groups is 2. The lowest BCUT2D eigenvalue weighted by Crippen LogP contribution is -2.12. The van der Waals surface area contributed by atoms with Gasteiger partial charge in [0.15, 0.2) is 0 Å². The number of anilines is 1. The van der Waals surface area contributed by atoms with Crippen molar-refractivity contribution >= 4 is 29.2 Å². The van der Waals surface area contributed by atoms with Crippen LogP contribution in [0.1, 0.15) is 46.6 Å². The molecule has 3 rings (SSSR count). The summed E-state index contributed by atoms with van der Waals surface area (Å²) in [5.41, 5.74) is 2.99. The number of aromatic nitrogens is 1. The van der Waals surface area contributed by atoms with Crippen molar-refractivity contribution in [2.45, 2.75) is 20.8 Å². The van der Waals surface area contributed by atoms with Gasteiger partial charge in [0.1, 0.15) is 5.82 Å². The minimum atomic E-state index is -0.495. The van der Waals surface area contributed by atoms with Crippen LogP contribution in [0.5, 0.6) is 0 Å². The molecule has 0 spiro atoms. The van der Waals surface area contributed by atoms with Crippen LogP contribution in [0.2, 0.25) is 0 Å². The van der Waals surface area contributed by atoms with Crippen LogP contribution in [-0.4, -0.2) is 36.6 Å². The van der Waals surface area contributed by atoms with Crippen molar-refractivity contribution in [1.29, 1.82) is 0 Å². The number of rotatable bonds is 5. The number of H-pyrrole nitrogens is 1. The van der Waals surface area contributed by atoms with Gasteiger partial charge in [-0.1, -0.05) is 18.8 Å². The lowest BCUT2D eigenvalue weighted by Gasteiger charge is -2.05. The molecule has 2 heterocycles. The highest BCUT2D eigenvalue weighted by atomic mass is 19.1. The third-order valence-electron chi connectivity index (χ3n) is 4.56. The molecule has 0 bridgehead atoms. The highest BCUT2D eigenvalue weighted by Gasteiger charge is 2.29. The zero-order chi connectivity index (χ0) is 21.0. The SMILES string of the molecule is CCNCC#Cc1c(F)ccc2c1/C(=C/c1[nH]cc(C(=O)OCC)c1C)C(=O)N2. The van der Waals surface area contributed by atoms with E-state index in [2.05, 4.69) is 27.5 Å². The maximum absolute atomic E-state index is 14.5. The molecule has 0 aliphatic carbocycles. The second-order valence-corrected chi connectivity index (χ2v) is 6.40. The largest absolute Gasteiger partial charge is 0.462 e. The number of nitrogens with one attached hydrogen (secondary N) is 3. The molecule has 1 amide bonds. The van der Waals surface area contributed by atoms with Crippen molar-refractivity contribution in [3.05, 3.63) is 52.1 Å². The standard InChI is InChI=1S/C22H22FN3O3/c1-4-24-10-6-7-14-17(23)8-9-18-20(14)15(21(27)26-18)11-19-13(3)16(12-25-19)22(28)29-5-2/h8-9,11-12,24-25H,4-5,10H2,1-3H3,(H,26,27)/b15-11-. The summed E-state index contributed by atoms with van der Waals surface area (Å²) in [6.07, 6.45) is 3.14. The molecule has 0 atom stereocenters. The van der Waals surface area contributed by atoms with Crippen molar-refractivity contribution in [1.82, 2.24) is 10.3 Å². The van der Waals surface area contributed by atoms with E-state index in [0.717, 1.165) is 6.54 Å². The van der Waals surface area contributed by atoms with E-state index in [0.29, 0.717) is 34.6 Å². The fourth-order valence-electron chi connectivity index (χ4n) is 3.07. The molecule has 29 heavy (non-hydrogen) atoms. The number of amides is 1. The number of aromatic amines is 1. The fourth-order valence-corrected chi connectivity index (χ4v) is 3.07. The molecular weight excluding hydrogens is 373 g/mol. The van der Waals surface area contributed by atoms with E-state index < -0.39 is 11.8 Å². The average molecular weight is 395 g/mol. The van der Waals surface area contributed by atoms with Crippen molar-refractivity contribution in [2.24, 2.45) is 0 Å². The number of benzene rings is 1. The Morgan fingerprint density at radius 3 is 2.86 bits per heavy atom. The Kier molecular flexibility index (Phi) is 6.15. The van der Waals surface area contributed by atoms with E-state index >= 15 is 0 Å². The lowest BCUT2D eigenvalue weighted by molar-refractivity contribution is -0.110. The molecule has 0 fully saturated rings. The van der Waals surface area contributed by atoms with E-state index in [1.54, 1.807) is 19.9 Å². The van der Waals surface area contributed by atoms with Gasteiger partial charge in [-0.2, -0.15) is 0 Å². The number of esters is 1. The molecule has 0 radical (unpaired) electrons. The molecular formula is C22H22FN3O3. The van der Waals surface area contributed by atoms with Gasteiger partial charge in [0.2, 0.25) is 0 Å². The first-order valence-corrected chi connectivity index (χ1v) is 9.38. The van der Waals surface area contributed by atoms with Crippen LogP contribution >= 0.6 is 0 Å². The van der Waals surface area contributed by atoms with Crippen LogP contribution in [0.25, 0.3) is 11.6 Å². The van der Waals surface area contributed by atoms with Crippen LogP contribution < -0.4 is 10.6 Å². The van der Waals surface area contributed by atoms with Crippen LogP contribution in [0, 0.1) is 24.6 Å². The third-order valence-corrected chi connectivity index (χ3v) is 4.56. The summed E-state index contributed by atoms with van der Waals surface area (Å²) >= 11 is 0. The van der Waals surface area contributed by atoms with E-state index in [9.17, 15) is 14.0 Å². The zero-order valence-corrected chi connectivity index (χ0v) is 16.5. The lowest BCUT2D eigenvalue weighted by atomic mass is 9.98. The van der Waals surface area contributed by atoms with Crippen LogP contribution in [0.15, 0.2) is 18.3 Å². The molecule has 6 nitrogen and oxygen atoms in total. The highest BCUT2D eigenvalue weighted by Crippen LogP contribution is 2.37. The van der Waals surface area contributed by atoms with Gasteiger partial charge in [-0.3, -0.25) is 4.79 Å². The molecule has 0 saturated heterocycles. The smallest absolute Gasteiger partial charge is 0.339 e. The summed E-state index contributed by atoms with van der Waals surface area (Å²) in [7, 11) is 0. The molecule has 0 saturated carbocycles. The summed E-state index contributed by atoms with van der Waals surface area (Å²) in [4.78, 5) is 27.6. The fraction of sp³-hybridized carbons (Fsp3) is 0.273. The summed E-state index contributed by atoms with van der Waals surface area (Å²) in [5.74, 6) is 4.42. The number of fused-ring (bicyclic) bond motifs is 1. The van der Waals surface area contributed by atoms with Crippen LogP contribution in [0.3, 0.4) is 0 Å². The van der Waals surface area contributed by atoms with Gasteiger partial charge >= 0.3 is 5.97 Å².